The van der Waals surface area contributed by atoms with Crippen molar-refractivity contribution in [2.75, 3.05) is 0 Å². The first kappa shape index (κ1) is 48.4. The molecule has 1 unspecified atom stereocenters. The molecular weight excluding hydrogens is 1170 g/mol. The second-order valence-electron chi connectivity index (χ2n) is 3.40. The summed E-state index contributed by atoms with van der Waals surface area (Å²) in [5.74, 6) is -1.07. The van der Waals surface area contributed by atoms with Crippen molar-refractivity contribution in [1.82, 2.24) is 0 Å². The van der Waals surface area contributed by atoms with Crippen molar-refractivity contribution in [3.05, 3.63) is 0 Å². The first-order chi connectivity index (χ1) is 13.4. The van der Waals surface area contributed by atoms with E-state index in [1.807, 2.05) is 0 Å². The molecule has 31 heteroatoms. The van der Waals surface area contributed by atoms with Crippen LogP contribution in [0.4, 0.5) is 16.9 Å². The summed E-state index contributed by atoms with van der Waals surface area (Å²) in [5.41, 5.74) is 0. The quantitative estimate of drug-likeness (QED) is 0.0859. The Bertz CT molecular complexity index is 632. The zero-order valence-electron chi connectivity index (χ0n) is 14.6. The van der Waals surface area contributed by atoms with Gasteiger partial charge in [0.25, 0.3) is 0 Å². The number of carbonyl (C=O) groups is 1. The Morgan fingerprint density at radius 3 is 0.576 bits per heavy atom. The number of halogens is 6. The Balaban J connectivity index is -0.0000000671. The van der Waals surface area contributed by atoms with Gasteiger partial charge in [-0.05, 0) is 0 Å². The molecule has 0 aliphatic carbocycles. The Hall–Kier alpha value is 2.32. The first-order valence-electron chi connectivity index (χ1n) is 5.40. The average molecular weight is 1190 g/mol. The van der Waals surface area contributed by atoms with Crippen molar-refractivity contribution in [1.29, 1.82) is 0 Å². The molecule has 0 spiro atoms. The molecule has 0 aliphatic rings. The molecule has 0 rings (SSSR count). The summed E-state index contributed by atoms with van der Waals surface area (Å²) in [7, 11) is 0. The summed E-state index contributed by atoms with van der Waals surface area (Å²) in [6, 6.07) is 0. The van der Waals surface area contributed by atoms with E-state index < -0.39 is 127 Å². The predicted octanol–water partition coefficient (Wildman–Crippen LogP) is -6.59. The van der Waals surface area contributed by atoms with Gasteiger partial charge < -0.3 is 0 Å². The van der Waals surface area contributed by atoms with Gasteiger partial charge in [0, 0.05) is 0 Å². The molecule has 0 aliphatic heterocycles. The molecule has 0 amide bonds. The minimum absolute atomic E-state index is 0.858. The van der Waals surface area contributed by atoms with Gasteiger partial charge in [-0.3, -0.25) is 0 Å². The van der Waals surface area contributed by atoms with Crippen molar-refractivity contribution < 1.29 is 80.0 Å². The molecule has 0 radical (unpaired) electrons. The SMILES string of the molecule is CC(=O)[O][Sb](=[O])([OH])[F].[O]=[Sb]([OH])([OH])[F].[O]=[Sb]([OH])([OH])[F].[O]=[Sb]([OH])([OH])[F].[O]=[Sb]([OH])([OH])[F].[O]=[Sb]([OH])([OH])[F]. The zero-order valence-corrected chi connectivity index (χ0v) is 30.0. The van der Waals surface area contributed by atoms with Gasteiger partial charge in [-0.15, -0.1) is 0 Å². The monoisotopic (exact) mass is 1180 g/mol. The van der Waals surface area contributed by atoms with E-state index >= 15 is 0 Å². The fourth-order valence-electron chi connectivity index (χ4n) is 0.159. The fraction of sp³-hybridized carbons (Fsp3) is 0.500. The predicted molar refractivity (Wildman–Crippen MR) is 81.5 cm³/mol. The van der Waals surface area contributed by atoms with Crippen LogP contribution in [0.3, 0.4) is 0 Å². The van der Waals surface area contributed by atoms with Crippen molar-refractivity contribution in [2.24, 2.45) is 0 Å². The van der Waals surface area contributed by atoms with Crippen molar-refractivity contribution >= 4 is 127 Å². The molecule has 0 fully saturated rings. The normalized spacial score (nSPS) is 13.0. The first-order valence-corrected chi connectivity index (χ1v) is 31.0. The summed E-state index contributed by atoms with van der Waals surface area (Å²) < 4.78 is 199. The van der Waals surface area contributed by atoms with Gasteiger partial charge in [0.15, 0.2) is 0 Å². The summed E-state index contributed by atoms with van der Waals surface area (Å²) in [6.45, 7) is 0.858. The van der Waals surface area contributed by atoms with Crippen LogP contribution in [0.25, 0.3) is 0 Å². The van der Waals surface area contributed by atoms with Gasteiger partial charge in [-0.1, -0.05) is 0 Å². The summed E-state index contributed by atoms with van der Waals surface area (Å²) in [5, 5.41) is 0. The van der Waals surface area contributed by atoms with Crippen molar-refractivity contribution in [3.8, 4) is 0 Å². The number of carbonyl (C=O) groups excluding carboxylic acids is 1. The Labute approximate surface area is 211 Å². The molecule has 0 saturated heterocycles. The van der Waals surface area contributed by atoms with Gasteiger partial charge in [0.05, 0.1) is 0 Å². The third kappa shape index (κ3) is 669. The molecule has 0 bridgehead atoms. The molecular formula is C2H14F6O19Sb6. The van der Waals surface area contributed by atoms with Gasteiger partial charge in [-0.25, -0.2) is 0 Å². The molecule has 33 heavy (non-hydrogen) atoms. The van der Waals surface area contributed by atoms with E-state index in [1.165, 1.54) is 0 Å². The maximum atomic E-state index is 11.4. The Morgan fingerprint density at radius 1 is 0.485 bits per heavy atom. The van der Waals surface area contributed by atoms with Gasteiger partial charge in [0.2, 0.25) is 0 Å². The molecule has 0 saturated carbocycles. The third-order valence-electron chi connectivity index (χ3n) is 0.241. The van der Waals surface area contributed by atoms with Crippen LogP contribution in [0.2, 0.25) is 0 Å². The van der Waals surface area contributed by atoms with E-state index in [-0.39, 0.29) is 0 Å². The van der Waals surface area contributed by atoms with Crippen LogP contribution in [0, 0.1) is 0 Å². The Morgan fingerprint density at radius 2 is 0.576 bits per heavy atom. The molecule has 0 heterocycles. The van der Waals surface area contributed by atoms with E-state index in [4.69, 9.17) is 52.3 Å². The van der Waals surface area contributed by atoms with Gasteiger partial charge in [-0.2, -0.15) is 0 Å². The van der Waals surface area contributed by atoms with Gasteiger partial charge >= 0.3 is 214 Å². The summed E-state index contributed by atoms with van der Waals surface area (Å²) in [6.07, 6.45) is 0. The topological polar surface area (TPSA) is 351 Å². The maximum absolute atomic E-state index is 11.4. The summed E-state index contributed by atoms with van der Waals surface area (Å²) >= 11 is -35.1. The number of hydrogen-bond acceptors (Lipinski definition) is 8. The van der Waals surface area contributed by atoms with E-state index in [2.05, 4.69) is 3.02 Å². The summed E-state index contributed by atoms with van der Waals surface area (Å²) in [4.78, 5) is 9.69. The Kier molecular flexibility index (Phi) is 31.2. The molecule has 1 atom stereocenters. The third-order valence-corrected chi connectivity index (χ3v) is 1.62. The van der Waals surface area contributed by atoms with Crippen LogP contribution in [-0.2, 0) is 25.9 Å². The van der Waals surface area contributed by atoms with E-state index in [9.17, 15) is 24.7 Å². The fourth-order valence-corrected chi connectivity index (χ4v) is 1.06. The second kappa shape index (κ2) is 21.3. The van der Waals surface area contributed by atoms with Crippen LogP contribution in [0.15, 0.2) is 0 Å². The average Bonchev–Trinajstić information content (AvgIpc) is 2.09. The van der Waals surface area contributed by atoms with Crippen LogP contribution < -0.4 is 0 Å². The molecule has 19 nitrogen and oxygen atoms in total. The second-order valence-corrected chi connectivity index (χ2v) is 20.0. The molecule has 0 aromatic carbocycles. The molecule has 208 valence electrons. The van der Waals surface area contributed by atoms with E-state index in [0.717, 1.165) is 6.92 Å². The van der Waals surface area contributed by atoms with Crippen LogP contribution in [0.5, 0.6) is 0 Å². The minimum atomic E-state index is -5.87. The van der Waals surface area contributed by atoms with E-state index in [1.54, 1.807) is 0 Å². The molecule has 11 N–H and O–H groups in total. The van der Waals surface area contributed by atoms with Crippen LogP contribution in [0.1, 0.15) is 6.92 Å². The van der Waals surface area contributed by atoms with E-state index in [0.29, 0.717) is 0 Å². The number of rotatable bonds is 1. The van der Waals surface area contributed by atoms with Crippen molar-refractivity contribution in [2.45, 2.75) is 6.92 Å². The van der Waals surface area contributed by atoms with Gasteiger partial charge in [0.1, 0.15) is 0 Å². The zero-order chi connectivity index (χ0) is 29.3. The number of hydrogen-bond donors (Lipinski definition) is 11. The standard InChI is InChI=1S/C2H4O2.6FH.11H2O.6O.6Sb/c1-2(3)4;;;;;;;;;;;;;;;;;;;;;;;;;;;;;/h1H3,(H,3,4);6*1H;11*1H2;;;;;;;;;;;;/q;;;;;;;;;;;;;;;;;;;;;;;;6*+3/p-18. The van der Waals surface area contributed by atoms with Crippen LogP contribution >= 0.6 is 0 Å². The molecule has 0 aromatic rings. The van der Waals surface area contributed by atoms with Crippen LogP contribution in [-0.4, -0.2) is 164 Å². The molecule has 0 aromatic heterocycles. The van der Waals surface area contributed by atoms with Crippen molar-refractivity contribution in [3.63, 3.8) is 0 Å².